The zero-order valence-electron chi connectivity index (χ0n) is 15.7. The maximum absolute atomic E-state index is 13.4. The summed E-state index contributed by atoms with van der Waals surface area (Å²) in [6.07, 6.45) is 8.16. The zero-order chi connectivity index (χ0) is 19.7. The maximum atomic E-state index is 13.4. The summed E-state index contributed by atoms with van der Waals surface area (Å²) in [5.74, 6) is 2.54. The summed E-state index contributed by atoms with van der Waals surface area (Å²) in [6.45, 7) is 4.56. The van der Waals surface area contributed by atoms with E-state index in [0.29, 0.717) is 18.5 Å². The molecule has 0 aliphatic carbocycles. The fraction of sp³-hybridized carbons (Fsp3) is 0.250. The number of amides is 2. The molecule has 2 unspecified atom stereocenters. The van der Waals surface area contributed by atoms with Gasteiger partial charge in [0.15, 0.2) is 0 Å². The van der Waals surface area contributed by atoms with Crippen molar-refractivity contribution in [1.29, 1.82) is 0 Å². The molecule has 140 valence electrons. The second-order valence-electron chi connectivity index (χ2n) is 7.29. The third-order valence-electron chi connectivity index (χ3n) is 5.85. The number of carbonyl (C=O) groups excluding carboxylic acids is 2. The van der Waals surface area contributed by atoms with Gasteiger partial charge in [0, 0.05) is 12.1 Å². The van der Waals surface area contributed by atoms with Gasteiger partial charge in [0.25, 0.3) is 5.91 Å². The first-order chi connectivity index (χ1) is 13.6. The SMILES string of the molecule is C#CCN1C(=O)CC2(c3ccccc3C(=O)N2Cc2ccccc2)C1CC=C. The van der Waals surface area contributed by atoms with Crippen molar-refractivity contribution < 1.29 is 9.59 Å². The number of benzene rings is 2. The number of likely N-dealkylation sites (tertiary alicyclic amines) is 1. The van der Waals surface area contributed by atoms with Gasteiger partial charge in [-0.3, -0.25) is 9.59 Å². The van der Waals surface area contributed by atoms with Gasteiger partial charge in [-0.2, -0.15) is 0 Å². The minimum absolute atomic E-state index is 0.0210. The highest BCUT2D eigenvalue weighted by Gasteiger charge is 2.61. The summed E-state index contributed by atoms with van der Waals surface area (Å²) >= 11 is 0. The first-order valence-electron chi connectivity index (χ1n) is 9.42. The van der Waals surface area contributed by atoms with E-state index in [-0.39, 0.29) is 30.8 Å². The van der Waals surface area contributed by atoms with Crippen molar-refractivity contribution in [2.24, 2.45) is 0 Å². The van der Waals surface area contributed by atoms with Crippen LogP contribution in [0.1, 0.15) is 34.3 Å². The summed E-state index contributed by atoms with van der Waals surface area (Å²) < 4.78 is 0. The van der Waals surface area contributed by atoms with Crippen LogP contribution in [0.2, 0.25) is 0 Å². The standard InChI is InChI=1S/C24H22N2O2/c1-3-10-21-24(16-22(27)25(21)15-4-2)20-14-9-8-13-19(20)23(28)26(24)17-18-11-6-5-7-12-18/h2-3,5-9,11-14,21H,1,10,15-17H2. The normalized spacial score (nSPS) is 23.2. The van der Waals surface area contributed by atoms with Gasteiger partial charge in [0.2, 0.25) is 5.91 Å². The Morgan fingerprint density at radius 1 is 1.14 bits per heavy atom. The largest absolute Gasteiger partial charge is 0.325 e. The van der Waals surface area contributed by atoms with Crippen molar-refractivity contribution in [2.45, 2.75) is 31.0 Å². The van der Waals surface area contributed by atoms with E-state index in [0.717, 1.165) is 11.1 Å². The van der Waals surface area contributed by atoms with Crippen molar-refractivity contribution >= 4 is 11.8 Å². The predicted molar refractivity (Wildman–Crippen MR) is 108 cm³/mol. The molecule has 2 aromatic rings. The lowest BCUT2D eigenvalue weighted by molar-refractivity contribution is -0.128. The highest BCUT2D eigenvalue weighted by molar-refractivity contribution is 6.02. The number of carbonyl (C=O) groups is 2. The summed E-state index contributed by atoms with van der Waals surface area (Å²) in [5, 5.41) is 0. The van der Waals surface area contributed by atoms with Crippen LogP contribution in [0.3, 0.4) is 0 Å². The van der Waals surface area contributed by atoms with Gasteiger partial charge < -0.3 is 9.80 Å². The molecule has 2 atom stereocenters. The molecule has 2 heterocycles. The smallest absolute Gasteiger partial charge is 0.255 e. The summed E-state index contributed by atoms with van der Waals surface area (Å²) in [4.78, 5) is 30.0. The van der Waals surface area contributed by atoms with Crippen LogP contribution >= 0.6 is 0 Å². The van der Waals surface area contributed by atoms with Crippen molar-refractivity contribution in [3.05, 3.63) is 83.9 Å². The van der Waals surface area contributed by atoms with Crippen molar-refractivity contribution in [1.82, 2.24) is 9.80 Å². The van der Waals surface area contributed by atoms with Crippen LogP contribution in [0.15, 0.2) is 67.3 Å². The number of hydrogen-bond donors (Lipinski definition) is 0. The molecule has 4 rings (SSSR count). The van der Waals surface area contributed by atoms with Crippen molar-refractivity contribution in [3.8, 4) is 12.3 Å². The first-order valence-corrected chi connectivity index (χ1v) is 9.42. The molecule has 0 bridgehead atoms. The molecule has 2 amide bonds. The number of hydrogen-bond acceptors (Lipinski definition) is 2. The van der Waals surface area contributed by atoms with Crippen LogP contribution in [-0.4, -0.2) is 34.2 Å². The molecule has 0 N–H and O–H groups in total. The zero-order valence-corrected chi connectivity index (χ0v) is 15.7. The first kappa shape index (κ1) is 18.1. The number of terminal acetylenes is 1. The molecule has 2 aromatic carbocycles. The molecule has 2 aliphatic heterocycles. The molecule has 2 aliphatic rings. The van der Waals surface area contributed by atoms with E-state index < -0.39 is 5.54 Å². The quantitative estimate of drug-likeness (QED) is 0.598. The molecule has 1 spiro atoms. The van der Waals surface area contributed by atoms with Crippen molar-refractivity contribution in [2.75, 3.05) is 6.54 Å². The van der Waals surface area contributed by atoms with Gasteiger partial charge in [-0.1, -0.05) is 60.5 Å². The van der Waals surface area contributed by atoms with Crippen LogP contribution in [0.5, 0.6) is 0 Å². The lowest BCUT2D eigenvalue weighted by atomic mass is 9.80. The van der Waals surface area contributed by atoms with Gasteiger partial charge in [-0.05, 0) is 23.6 Å². The van der Waals surface area contributed by atoms with E-state index in [4.69, 9.17) is 6.42 Å². The second-order valence-corrected chi connectivity index (χ2v) is 7.29. The minimum atomic E-state index is -0.731. The lowest BCUT2D eigenvalue weighted by Gasteiger charge is -2.41. The molecule has 1 fully saturated rings. The molecule has 1 saturated heterocycles. The van der Waals surface area contributed by atoms with Crippen LogP contribution in [-0.2, 0) is 16.9 Å². The minimum Gasteiger partial charge on any atom is -0.325 e. The number of rotatable bonds is 5. The Bertz CT molecular complexity index is 976. The highest BCUT2D eigenvalue weighted by Crippen LogP contribution is 2.51. The molecule has 0 aromatic heterocycles. The molecule has 0 radical (unpaired) electrons. The van der Waals surface area contributed by atoms with Crippen molar-refractivity contribution in [3.63, 3.8) is 0 Å². The van der Waals surface area contributed by atoms with Crippen LogP contribution < -0.4 is 0 Å². The third kappa shape index (κ3) is 2.55. The molecule has 0 saturated carbocycles. The molecule has 4 nitrogen and oxygen atoms in total. The third-order valence-corrected chi connectivity index (χ3v) is 5.85. The monoisotopic (exact) mass is 370 g/mol. The Balaban J connectivity index is 1.88. The summed E-state index contributed by atoms with van der Waals surface area (Å²) in [6, 6.07) is 17.3. The Hall–Kier alpha value is -3.32. The Morgan fingerprint density at radius 2 is 1.86 bits per heavy atom. The average Bonchev–Trinajstić information content (AvgIpc) is 3.11. The van der Waals surface area contributed by atoms with Gasteiger partial charge >= 0.3 is 0 Å². The summed E-state index contributed by atoms with van der Waals surface area (Å²) in [5.41, 5.74) is 1.88. The fourth-order valence-electron chi connectivity index (χ4n) is 4.71. The molecular weight excluding hydrogens is 348 g/mol. The van der Waals surface area contributed by atoms with Gasteiger partial charge in [-0.15, -0.1) is 13.0 Å². The van der Waals surface area contributed by atoms with Gasteiger partial charge in [0.1, 0.15) is 0 Å². The van der Waals surface area contributed by atoms with Gasteiger partial charge in [-0.25, -0.2) is 0 Å². The average molecular weight is 370 g/mol. The summed E-state index contributed by atoms with van der Waals surface area (Å²) in [7, 11) is 0. The molecular formula is C24H22N2O2. The van der Waals surface area contributed by atoms with E-state index in [2.05, 4.69) is 12.5 Å². The fourth-order valence-corrected chi connectivity index (χ4v) is 4.71. The van der Waals surface area contributed by atoms with Crippen LogP contribution in [0.25, 0.3) is 0 Å². The van der Waals surface area contributed by atoms with E-state index in [1.54, 1.807) is 11.0 Å². The Labute approximate surface area is 165 Å². The topological polar surface area (TPSA) is 40.6 Å². The lowest BCUT2D eigenvalue weighted by Crippen LogP contribution is -2.52. The van der Waals surface area contributed by atoms with Crippen LogP contribution in [0, 0.1) is 12.3 Å². The number of fused-ring (bicyclic) bond motifs is 2. The predicted octanol–water partition coefficient (Wildman–Crippen LogP) is 3.35. The maximum Gasteiger partial charge on any atom is 0.255 e. The van der Waals surface area contributed by atoms with E-state index in [9.17, 15) is 9.59 Å². The number of nitrogens with zero attached hydrogens (tertiary/aromatic N) is 2. The highest BCUT2D eigenvalue weighted by atomic mass is 16.2. The van der Waals surface area contributed by atoms with E-state index in [1.165, 1.54) is 0 Å². The van der Waals surface area contributed by atoms with Gasteiger partial charge in [0.05, 0.1) is 24.5 Å². The molecule has 4 heteroatoms. The van der Waals surface area contributed by atoms with E-state index in [1.807, 2.05) is 59.5 Å². The van der Waals surface area contributed by atoms with Crippen LogP contribution in [0.4, 0.5) is 0 Å². The molecule has 28 heavy (non-hydrogen) atoms. The van der Waals surface area contributed by atoms with E-state index >= 15 is 0 Å². The second kappa shape index (κ2) is 7.01. The Morgan fingerprint density at radius 3 is 2.57 bits per heavy atom. The Kier molecular flexibility index (Phi) is 4.52.